The van der Waals surface area contributed by atoms with E-state index in [0.29, 0.717) is 17.8 Å². The first-order chi connectivity index (χ1) is 10.1. The van der Waals surface area contributed by atoms with E-state index in [1.807, 2.05) is 37.3 Å². The van der Waals surface area contributed by atoms with Crippen LogP contribution < -0.4 is 10.9 Å². The predicted molar refractivity (Wildman–Crippen MR) is 95.1 cm³/mol. The first kappa shape index (κ1) is 16.1. The molecule has 4 nitrogen and oxygen atoms in total. The van der Waals surface area contributed by atoms with Crippen molar-refractivity contribution in [3.05, 3.63) is 70.0 Å². The monoisotopic (exact) mass is 360 g/mol. The lowest BCUT2D eigenvalue weighted by Crippen LogP contribution is -2.15. The van der Waals surface area contributed by atoms with Crippen molar-refractivity contribution in [2.45, 2.75) is 13.5 Å². The number of para-hydroxylation sites is 2. The van der Waals surface area contributed by atoms with Crippen molar-refractivity contribution in [3.8, 4) is 5.75 Å². The number of H-pyrrole nitrogens is 1. The molecular weight excluding hydrogens is 344 g/mol. The smallest absolute Gasteiger partial charge is 0.253 e. The molecule has 1 aromatic heterocycles. The van der Waals surface area contributed by atoms with E-state index in [9.17, 15) is 9.90 Å². The summed E-state index contributed by atoms with van der Waals surface area (Å²) in [5, 5.41) is 13.8. The molecule has 1 heterocycles. The fraction of sp³-hybridized carbons (Fsp3) is 0.118. The molecule has 114 valence electrons. The van der Waals surface area contributed by atoms with Gasteiger partial charge in [-0.25, -0.2) is 0 Å². The van der Waals surface area contributed by atoms with Crippen LogP contribution in [-0.4, -0.2) is 10.1 Å². The Morgan fingerprint density at radius 1 is 1.14 bits per heavy atom. The van der Waals surface area contributed by atoms with Crippen molar-refractivity contribution in [1.82, 2.24) is 4.98 Å². The number of anilines is 1. The van der Waals surface area contributed by atoms with Crippen LogP contribution >= 0.6 is 17.0 Å². The maximum atomic E-state index is 12.1. The van der Waals surface area contributed by atoms with Gasteiger partial charge in [-0.05, 0) is 42.6 Å². The Morgan fingerprint density at radius 3 is 2.68 bits per heavy atom. The van der Waals surface area contributed by atoms with Crippen molar-refractivity contribution in [1.29, 1.82) is 0 Å². The summed E-state index contributed by atoms with van der Waals surface area (Å²) in [6.07, 6.45) is 0. The lowest BCUT2D eigenvalue weighted by atomic mass is 10.1. The van der Waals surface area contributed by atoms with Crippen molar-refractivity contribution < 1.29 is 5.11 Å². The van der Waals surface area contributed by atoms with Gasteiger partial charge in [-0.1, -0.05) is 23.8 Å². The van der Waals surface area contributed by atoms with Crippen molar-refractivity contribution in [2.24, 2.45) is 0 Å². The molecule has 0 aliphatic heterocycles. The molecule has 0 atom stereocenters. The van der Waals surface area contributed by atoms with Gasteiger partial charge in [0.15, 0.2) is 0 Å². The van der Waals surface area contributed by atoms with Gasteiger partial charge < -0.3 is 15.4 Å². The summed E-state index contributed by atoms with van der Waals surface area (Å²) < 4.78 is 0. The molecule has 0 aliphatic rings. The van der Waals surface area contributed by atoms with E-state index in [2.05, 4.69) is 10.3 Å². The predicted octanol–water partition coefficient (Wildman–Crippen LogP) is 3.73. The Balaban J connectivity index is 0.00000176. The highest BCUT2D eigenvalue weighted by molar-refractivity contribution is 8.93. The number of aromatic hydroxyl groups is 1. The van der Waals surface area contributed by atoms with Gasteiger partial charge in [0.2, 0.25) is 0 Å². The minimum atomic E-state index is -0.116. The number of halogens is 1. The Bertz CT molecular complexity index is 859. The second kappa shape index (κ2) is 6.66. The van der Waals surface area contributed by atoms with E-state index in [4.69, 9.17) is 0 Å². The number of benzene rings is 2. The number of aromatic nitrogens is 1. The van der Waals surface area contributed by atoms with Gasteiger partial charge in [-0.3, -0.25) is 4.79 Å². The molecule has 0 unspecified atom stereocenters. The zero-order valence-corrected chi connectivity index (χ0v) is 13.8. The average Bonchev–Trinajstić information content (AvgIpc) is 2.47. The largest absolute Gasteiger partial charge is 0.506 e. The molecule has 0 aliphatic carbocycles. The van der Waals surface area contributed by atoms with Crippen LogP contribution in [0.4, 0.5) is 5.69 Å². The Hall–Kier alpha value is -2.27. The maximum Gasteiger partial charge on any atom is 0.253 e. The van der Waals surface area contributed by atoms with Crippen LogP contribution in [0.15, 0.2) is 53.3 Å². The third-order valence-electron chi connectivity index (χ3n) is 3.45. The van der Waals surface area contributed by atoms with Crippen LogP contribution in [0.3, 0.4) is 0 Å². The number of hydrogen-bond donors (Lipinski definition) is 3. The fourth-order valence-electron chi connectivity index (χ4n) is 2.32. The van der Waals surface area contributed by atoms with Crippen LogP contribution in [0.1, 0.15) is 11.1 Å². The van der Waals surface area contributed by atoms with Gasteiger partial charge >= 0.3 is 0 Å². The molecule has 0 spiro atoms. The van der Waals surface area contributed by atoms with Crippen LogP contribution in [0.2, 0.25) is 0 Å². The molecule has 0 fully saturated rings. The number of rotatable bonds is 3. The topological polar surface area (TPSA) is 65.1 Å². The van der Waals surface area contributed by atoms with Crippen LogP contribution in [0, 0.1) is 6.92 Å². The van der Waals surface area contributed by atoms with Gasteiger partial charge in [-0.15, -0.1) is 17.0 Å². The zero-order chi connectivity index (χ0) is 14.8. The van der Waals surface area contributed by atoms with E-state index >= 15 is 0 Å². The van der Waals surface area contributed by atoms with Gasteiger partial charge in [0.25, 0.3) is 5.56 Å². The number of nitrogens with one attached hydrogen (secondary N) is 2. The Labute approximate surface area is 138 Å². The number of phenols is 1. The quantitative estimate of drug-likeness (QED) is 0.623. The molecule has 0 saturated heterocycles. The maximum absolute atomic E-state index is 12.1. The summed E-state index contributed by atoms with van der Waals surface area (Å²) in [7, 11) is 0. The van der Waals surface area contributed by atoms with Gasteiger partial charge in [0.05, 0.1) is 5.69 Å². The molecule has 0 radical (unpaired) electrons. The first-order valence-electron chi connectivity index (χ1n) is 6.78. The molecule has 3 N–H and O–H groups in total. The minimum absolute atomic E-state index is 0. The molecule has 0 bridgehead atoms. The van der Waals surface area contributed by atoms with Crippen LogP contribution in [0.5, 0.6) is 5.75 Å². The molecule has 22 heavy (non-hydrogen) atoms. The van der Waals surface area contributed by atoms with E-state index in [0.717, 1.165) is 16.5 Å². The van der Waals surface area contributed by atoms with Gasteiger partial charge in [0.1, 0.15) is 5.75 Å². The van der Waals surface area contributed by atoms with Crippen LogP contribution in [0.25, 0.3) is 10.9 Å². The molecule has 3 aromatic rings. The summed E-state index contributed by atoms with van der Waals surface area (Å²) in [5.41, 5.74) is 3.11. The third kappa shape index (κ3) is 3.31. The lowest BCUT2D eigenvalue weighted by molar-refractivity contribution is 0.477. The summed E-state index contributed by atoms with van der Waals surface area (Å²) in [4.78, 5) is 14.9. The number of aromatic amines is 1. The normalized spacial score (nSPS) is 10.2. The summed E-state index contributed by atoms with van der Waals surface area (Å²) >= 11 is 0. The Kier molecular flexibility index (Phi) is 4.88. The highest BCUT2D eigenvalue weighted by Gasteiger charge is 2.05. The number of fused-ring (bicyclic) bond motifs is 1. The van der Waals surface area contributed by atoms with Crippen molar-refractivity contribution in [2.75, 3.05) is 5.32 Å². The average molecular weight is 361 g/mol. The first-order valence-corrected chi connectivity index (χ1v) is 6.78. The zero-order valence-electron chi connectivity index (χ0n) is 12.1. The van der Waals surface area contributed by atoms with E-state index in [1.54, 1.807) is 18.2 Å². The molecule has 0 saturated carbocycles. The van der Waals surface area contributed by atoms with Crippen molar-refractivity contribution >= 4 is 33.6 Å². The number of pyridine rings is 1. The second-order valence-corrected chi connectivity index (χ2v) is 5.09. The number of hydrogen-bond acceptors (Lipinski definition) is 3. The van der Waals surface area contributed by atoms with E-state index < -0.39 is 0 Å². The summed E-state index contributed by atoms with van der Waals surface area (Å²) in [5.74, 6) is 0.172. The standard InChI is InChI=1S/C17H16N2O2.BrH/c1-11-6-7-14-12(8-11)9-13(17(21)19-14)10-18-15-4-2-3-5-16(15)20;/h2-9,18,20H,10H2,1H3,(H,19,21);1H. The van der Waals surface area contributed by atoms with E-state index in [1.165, 1.54) is 0 Å². The summed E-state index contributed by atoms with van der Waals surface area (Å²) in [6.45, 7) is 2.38. The molecule has 3 rings (SSSR count). The molecule has 2 aromatic carbocycles. The van der Waals surface area contributed by atoms with Gasteiger partial charge in [0, 0.05) is 17.6 Å². The Morgan fingerprint density at radius 2 is 1.91 bits per heavy atom. The van der Waals surface area contributed by atoms with Crippen LogP contribution in [-0.2, 0) is 6.54 Å². The molecule has 0 amide bonds. The molecular formula is C17H17BrN2O2. The molecule has 5 heteroatoms. The fourth-order valence-corrected chi connectivity index (χ4v) is 2.32. The number of phenolic OH excluding ortho intramolecular Hbond substituents is 1. The van der Waals surface area contributed by atoms with E-state index in [-0.39, 0.29) is 28.3 Å². The number of aryl methyl sites for hydroxylation is 1. The summed E-state index contributed by atoms with van der Waals surface area (Å²) in [6, 6.07) is 14.8. The third-order valence-corrected chi connectivity index (χ3v) is 3.45. The second-order valence-electron chi connectivity index (χ2n) is 5.09. The van der Waals surface area contributed by atoms with Crippen molar-refractivity contribution in [3.63, 3.8) is 0 Å². The highest BCUT2D eigenvalue weighted by Crippen LogP contribution is 2.22. The SMILES string of the molecule is Br.Cc1ccc2[nH]c(=O)c(CNc3ccccc3O)cc2c1. The minimum Gasteiger partial charge on any atom is -0.506 e. The van der Waals surface area contributed by atoms with Gasteiger partial charge in [-0.2, -0.15) is 0 Å². The highest BCUT2D eigenvalue weighted by atomic mass is 79.9. The lowest BCUT2D eigenvalue weighted by Gasteiger charge is -2.08.